The van der Waals surface area contributed by atoms with Gasteiger partial charge in [-0.3, -0.25) is 19.2 Å². The molecule has 1 fully saturated rings. The van der Waals surface area contributed by atoms with Crippen LogP contribution in [0.2, 0.25) is 0 Å². The molecule has 10 heteroatoms. The summed E-state index contributed by atoms with van der Waals surface area (Å²) in [4.78, 5) is 23.9. The number of nitro groups is 1. The number of amides is 1. The Hall–Kier alpha value is -2.98. The van der Waals surface area contributed by atoms with E-state index >= 15 is 0 Å². The van der Waals surface area contributed by atoms with E-state index < -0.39 is 26.9 Å². The highest BCUT2D eigenvalue weighted by Crippen LogP contribution is 2.34. The maximum absolute atomic E-state index is 13.3. The predicted octanol–water partition coefficient (Wildman–Crippen LogP) is 3.00. The lowest BCUT2D eigenvalue weighted by atomic mass is 9.74. The molecule has 178 valence electrons. The van der Waals surface area contributed by atoms with Gasteiger partial charge in [0.15, 0.2) is 0 Å². The van der Waals surface area contributed by atoms with Crippen LogP contribution in [0.3, 0.4) is 0 Å². The minimum Gasteiger partial charge on any atom is -0.381 e. The van der Waals surface area contributed by atoms with Crippen LogP contribution in [0.25, 0.3) is 0 Å². The molecule has 0 aliphatic carbocycles. The normalized spacial score (nSPS) is 16.5. The number of nitro benzene ring substituents is 1. The molecule has 0 aromatic heterocycles. The van der Waals surface area contributed by atoms with Gasteiger partial charge in [0.25, 0.3) is 5.69 Å². The molecule has 0 saturated carbocycles. The predicted molar refractivity (Wildman–Crippen MR) is 126 cm³/mol. The molecule has 1 aliphatic rings. The first-order valence-electron chi connectivity index (χ1n) is 10.8. The van der Waals surface area contributed by atoms with Crippen LogP contribution >= 0.6 is 0 Å². The van der Waals surface area contributed by atoms with E-state index in [1.54, 1.807) is 6.92 Å². The van der Waals surface area contributed by atoms with E-state index in [1.807, 2.05) is 30.3 Å². The van der Waals surface area contributed by atoms with Gasteiger partial charge < -0.3 is 10.1 Å². The summed E-state index contributed by atoms with van der Waals surface area (Å²) in [6, 6.07) is 14.2. The van der Waals surface area contributed by atoms with Crippen LogP contribution in [0.4, 0.5) is 11.4 Å². The number of anilines is 1. The third-order valence-electron chi connectivity index (χ3n) is 6.06. The molecule has 1 heterocycles. The Morgan fingerprint density at radius 1 is 1.18 bits per heavy atom. The van der Waals surface area contributed by atoms with Crippen molar-refractivity contribution >= 4 is 27.3 Å². The Kier molecular flexibility index (Phi) is 7.70. The number of benzene rings is 2. The van der Waals surface area contributed by atoms with Crippen molar-refractivity contribution in [2.45, 2.75) is 37.6 Å². The first kappa shape index (κ1) is 24.7. The third-order valence-corrected chi connectivity index (χ3v) is 7.24. The Bertz CT molecular complexity index is 1080. The van der Waals surface area contributed by atoms with E-state index in [0.717, 1.165) is 29.0 Å². The van der Waals surface area contributed by atoms with Crippen LogP contribution in [0.5, 0.6) is 0 Å². The van der Waals surface area contributed by atoms with Crippen molar-refractivity contribution in [2.75, 3.05) is 30.3 Å². The molecule has 1 amide bonds. The largest absolute Gasteiger partial charge is 0.381 e. The number of nitrogens with zero attached hydrogens (tertiary/aromatic N) is 2. The lowest BCUT2D eigenvalue weighted by molar-refractivity contribution is -0.384. The Balaban J connectivity index is 1.88. The van der Waals surface area contributed by atoms with E-state index in [2.05, 4.69) is 5.32 Å². The van der Waals surface area contributed by atoms with Crippen LogP contribution < -0.4 is 9.62 Å². The number of carbonyl (C=O) groups is 1. The standard InChI is InChI=1S/C23H29N3O6S/c1-3-21(25(33(2,30)31)19-10-7-11-20(16-19)26(28)29)22(27)24-17-23(12-14-32-15-13-23)18-8-5-4-6-9-18/h4-11,16,21H,3,12-15,17H2,1-2H3,(H,24,27)/t21-/m1/s1. The average molecular weight is 476 g/mol. The van der Waals surface area contributed by atoms with Gasteiger partial charge in [0, 0.05) is 37.3 Å². The highest BCUT2D eigenvalue weighted by Gasteiger charge is 2.37. The summed E-state index contributed by atoms with van der Waals surface area (Å²) in [7, 11) is -3.90. The minimum atomic E-state index is -3.90. The van der Waals surface area contributed by atoms with Gasteiger partial charge in [0.1, 0.15) is 6.04 Å². The maximum atomic E-state index is 13.3. The topological polar surface area (TPSA) is 119 Å². The molecular weight excluding hydrogens is 446 g/mol. The molecule has 1 aliphatic heterocycles. The smallest absolute Gasteiger partial charge is 0.271 e. The Morgan fingerprint density at radius 2 is 1.85 bits per heavy atom. The maximum Gasteiger partial charge on any atom is 0.271 e. The fraction of sp³-hybridized carbons (Fsp3) is 0.435. The molecule has 9 nitrogen and oxygen atoms in total. The fourth-order valence-corrected chi connectivity index (χ4v) is 5.50. The summed E-state index contributed by atoms with van der Waals surface area (Å²) in [5, 5.41) is 14.2. The Labute approximate surface area is 193 Å². The van der Waals surface area contributed by atoms with E-state index in [0.29, 0.717) is 19.8 Å². The van der Waals surface area contributed by atoms with Gasteiger partial charge in [0.2, 0.25) is 15.9 Å². The number of nitrogens with one attached hydrogen (secondary N) is 1. The van der Waals surface area contributed by atoms with Gasteiger partial charge in [-0.15, -0.1) is 0 Å². The molecule has 0 radical (unpaired) electrons. The zero-order valence-electron chi connectivity index (χ0n) is 18.8. The molecule has 0 spiro atoms. The summed E-state index contributed by atoms with van der Waals surface area (Å²) >= 11 is 0. The molecule has 33 heavy (non-hydrogen) atoms. The van der Waals surface area contributed by atoms with Gasteiger partial charge in [-0.2, -0.15) is 0 Å². The lowest BCUT2D eigenvalue weighted by Crippen LogP contribution is -2.52. The number of carbonyl (C=O) groups excluding carboxylic acids is 1. The van der Waals surface area contributed by atoms with E-state index in [-0.39, 0.29) is 23.2 Å². The van der Waals surface area contributed by atoms with E-state index in [9.17, 15) is 23.3 Å². The lowest BCUT2D eigenvalue weighted by Gasteiger charge is -2.39. The Morgan fingerprint density at radius 3 is 2.42 bits per heavy atom. The van der Waals surface area contributed by atoms with E-state index in [4.69, 9.17) is 4.74 Å². The van der Waals surface area contributed by atoms with Crippen LogP contribution in [0.15, 0.2) is 54.6 Å². The monoisotopic (exact) mass is 475 g/mol. The van der Waals surface area contributed by atoms with Crippen molar-refractivity contribution in [3.63, 3.8) is 0 Å². The molecule has 0 unspecified atom stereocenters. The number of sulfonamides is 1. The molecule has 1 N–H and O–H groups in total. The van der Waals surface area contributed by atoms with Crippen molar-refractivity contribution in [1.29, 1.82) is 0 Å². The highest BCUT2D eigenvalue weighted by atomic mass is 32.2. The van der Waals surface area contributed by atoms with Gasteiger partial charge in [0.05, 0.1) is 16.9 Å². The van der Waals surface area contributed by atoms with Crippen LogP contribution in [0, 0.1) is 10.1 Å². The van der Waals surface area contributed by atoms with Gasteiger partial charge in [-0.1, -0.05) is 43.3 Å². The zero-order chi connectivity index (χ0) is 24.1. The molecule has 2 aromatic carbocycles. The van der Waals surface area contributed by atoms with Crippen molar-refractivity contribution in [3.05, 3.63) is 70.3 Å². The van der Waals surface area contributed by atoms with Crippen molar-refractivity contribution in [1.82, 2.24) is 5.32 Å². The van der Waals surface area contributed by atoms with Crippen LogP contribution in [0.1, 0.15) is 31.7 Å². The fourth-order valence-electron chi connectivity index (χ4n) is 4.30. The van der Waals surface area contributed by atoms with Crippen molar-refractivity contribution in [3.8, 4) is 0 Å². The summed E-state index contributed by atoms with van der Waals surface area (Å²) in [6.45, 7) is 3.19. The second kappa shape index (κ2) is 10.3. The van der Waals surface area contributed by atoms with Crippen LogP contribution in [-0.4, -0.2) is 51.3 Å². The summed E-state index contributed by atoms with van der Waals surface area (Å²) in [5.41, 5.74) is 0.619. The van der Waals surface area contributed by atoms with Crippen molar-refractivity contribution in [2.24, 2.45) is 0 Å². The SMILES string of the molecule is CC[C@H](C(=O)NCC1(c2ccccc2)CCOCC1)N(c1cccc([N+](=O)[O-])c1)S(C)(=O)=O. The summed E-state index contributed by atoms with van der Waals surface area (Å²) in [5.74, 6) is -0.448. The molecule has 1 atom stereocenters. The first-order valence-corrected chi connectivity index (χ1v) is 12.7. The molecular formula is C23H29N3O6S. The minimum absolute atomic E-state index is 0.0811. The number of rotatable bonds is 9. The van der Waals surface area contributed by atoms with Crippen LogP contribution in [-0.2, 0) is 25.0 Å². The zero-order valence-corrected chi connectivity index (χ0v) is 19.6. The molecule has 1 saturated heterocycles. The molecule has 2 aromatic rings. The van der Waals surface area contributed by atoms with Gasteiger partial charge in [-0.05, 0) is 30.9 Å². The molecule has 3 rings (SSSR count). The van der Waals surface area contributed by atoms with Gasteiger partial charge >= 0.3 is 0 Å². The summed E-state index contributed by atoms with van der Waals surface area (Å²) < 4.78 is 31.8. The number of non-ortho nitro benzene ring substituents is 1. The quantitative estimate of drug-likeness (QED) is 0.440. The second-order valence-corrected chi connectivity index (χ2v) is 10.1. The summed E-state index contributed by atoms with van der Waals surface area (Å²) in [6.07, 6.45) is 2.65. The second-order valence-electron chi connectivity index (χ2n) is 8.24. The van der Waals surface area contributed by atoms with E-state index in [1.165, 1.54) is 24.3 Å². The average Bonchev–Trinajstić information content (AvgIpc) is 2.81. The number of hydrogen-bond acceptors (Lipinski definition) is 6. The third kappa shape index (κ3) is 5.69. The van der Waals surface area contributed by atoms with Gasteiger partial charge in [-0.25, -0.2) is 8.42 Å². The van der Waals surface area contributed by atoms with Crippen molar-refractivity contribution < 1.29 is 22.9 Å². The highest BCUT2D eigenvalue weighted by molar-refractivity contribution is 7.92. The number of ether oxygens (including phenoxy) is 1. The first-order chi connectivity index (χ1) is 15.7. The molecule has 0 bridgehead atoms. The number of hydrogen-bond donors (Lipinski definition) is 1.